The molecule has 6 nitrogen and oxygen atoms in total. The molecule has 0 bridgehead atoms. The summed E-state index contributed by atoms with van der Waals surface area (Å²) in [4.78, 5) is 30.8. The molecule has 0 aromatic carbocycles. The van der Waals surface area contributed by atoms with Crippen LogP contribution in [0.1, 0.15) is 6.42 Å². The van der Waals surface area contributed by atoms with E-state index in [2.05, 4.69) is 9.97 Å². The maximum Gasteiger partial charge on any atom is 0.253 e. The van der Waals surface area contributed by atoms with Crippen LogP contribution in [0.4, 0.5) is 5.82 Å². The van der Waals surface area contributed by atoms with E-state index in [9.17, 15) is 14.7 Å². The number of thioether (sulfide) groups is 1. The Labute approximate surface area is 95.7 Å². The highest BCUT2D eigenvalue weighted by atomic mass is 32.2. The number of H-pyrrole nitrogens is 1. The fourth-order valence-electron chi connectivity index (χ4n) is 1.57. The predicted molar refractivity (Wildman–Crippen MR) is 59.6 cm³/mol. The van der Waals surface area contributed by atoms with E-state index in [-0.39, 0.29) is 24.4 Å². The third-order valence-electron chi connectivity index (χ3n) is 2.28. The normalized spacial score (nSPS) is 20.5. The average Bonchev–Trinajstić information content (AvgIpc) is 2.57. The number of β-amino-alcohol motifs (C(OH)–C–C–N with tert-alkyl or cyclic N) is 1. The highest BCUT2D eigenvalue weighted by Gasteiger charge is 2.30. The van der Waals surface area contributed by atoms with Crippen LogP contribution in [0.25, 0.3) is 0 Å². The maximum atomic E-state index is 11.5. The Morgan fingerprint density at radius 2 is 2.38 bits per heavy atom. The summed E-state index contributed by atoms with van der Waals surface area (Å²) >= 11 is 1.29. The Balaban J connectivity index is 2.37. The molecule has 1 aliphatic rings. The van der Waals surface area contributed by atoms with Crippen molar-refractivity contribution < 1.29 is 9.90 Å². The van der Waals surface area contributed by atoms with Gasteiger partial charge in [0.2, 0.25) is 5.91 Å². The molecule has 0 radical (unpaired) electrons. The smallest absolute Gasteiger partial charge is 0.253 e. The summed E-state index contributed by atoms with van der Waals surface area (Å²) in [6.45, 7) is 0.198. The van der Waals surface area contributed by atoms with Crippen LogP contribution in [0.15, 0.2) is 16.0 Å². The first-order valence-electron chi connectivity index (χ1n) is 4.74. The number of nitrogens with zero attached hydrogens (tertiary/aromatic N) is 2. The zero-order valence-electron chi connectivity index (χ0n) is 8.64. The molecule has 0 aliphatic carbocycles. The predicted octanol–water partition coefficient (Wildman–Crippen LogP) is -0.411. The van der Waals surface area contributed by atoms with Gasteiger partial charge in [0.1, 0.15) is 5.82 Å². The Morgan fingerprint density at radius 3 is 2.94 bits per heavy atom. The van der Waals surface area contributed by atoms with Gasteiger partial charge in [0, 0.05) is 6.07 Å². The number of aromatic amines is 1. The van der Waals surface area contributed by atoms with Crippen LogP contribution in [0.5, 0.6) is 0 Å². The van der Waals surface area contributed by atoms with Gasteiger partial charge >= 0.3 is 0 Å². The standard InChI is InChI=1S/C9H11N3O3S/c1-16-9-10-6(3-7(14)11-9)12-4-5(13)2-8(12)15/h3,5,13H,2,4H2,1H3,(H,10,11,14). The van der Waals surface area contributed by atoms with Crippen LogP contribution in [-0.4, -0.2) is 39.9 Å². The number of anilines is 1. The molecular formula is C9H11N3O3S. The second kappa shape index (κ2) is 4.26. The van der Waals surface area contributed by atoms with E-state index in [0.29, 0.717) is 11.0 Å². The number of hydrogen-bond acceptors (Lipinski definition) is 5. The van der Waals surface area contributed by atoms with E-state index in [4.69, 9.17) is 0 Å². The molecular weight excluding hydrogens is 230 g/mol. The first-order chi connectivity index (χ1) is 7.60. The minimum atomic E-state index is -0.675. The molecule has 16 heavy (non-hydrogen) atoms. The van der Waals surface area contributed by atoms with Crippen molar-refractivity contribution in [1.29, 1.82) is 0 Å². The molecule has 2 rings (SSSR count). The van der Waals surface area contributed by atoms with Gasteiger partial charge in [-0.2, -0.15) is 0 Å². The van der Waals surface area contributed by atoms with Gasteiger partial charge in [-0.1, -0.05) is 11.8 Å². The van der Waals surface area contributed by atoms with E-state index in [1.54, 1.807) is 6.26 Å². The molecule has 7 heteroatoms. The summed E-state index contributed by atoms with van der Waals surface area (Å²) < 4.78 is 0. The van der Waals surface area contributed by atoms with Crippen molar-refractivity contribution in [2.75, 3.05) is 17.7 Å². The summed E-state index contributed by atoms with van der Waals surface area (Å²) in [6, 6.07) is 1.26. The van der Waals surface area contributed by atoms with Crippen molar-refractivity contribution in [3.05, 3.63) is 16.4 Å². The highest BCUT2D eigenvalue weighted by molar-refractivity contribution is 7.98. The minimum absolute atomic E-state index is 0.0864. The molecule has 1 saturated heterocycles. The molecule has 86 valence electrons. The zero-order valence-corrected chi connectivity index (χ0v) is 9.45. The largest absolute Gasteiger partial charge is 0.391 e. The van der Waals surface area contributed by atoms with Crippen molar-refractivity contribution in [2.45, 2.75) is 17.7 Å². The molecule has 1 aliphatic heterocycles. The minimum Gasteiger partial charge on any atom is -0.391 e. The molecule has 0 spiro atoms. The molecule has 1 aromatic heterocycles. The summed E-state index contributed by atoms with van der Waals surface area (Å²) in [5.74, 6) is 0.0901. The van der Waals surface area contributed by atoms with Gasteiger partial charge < -0.3 is 10.1 Å². The van der Waals surface area contributed by atoms with E-state index in [0.717, 1.165) is 0 Å². The lowest BCUT2D eigenvalue weighted by Crippen LogP contribution is -2.28. The first kappa shape index (κ1) is 11.2. The number of aromatic nitrogens is 2. The Kier molecular flexibility index (Phi) is 2.97. The monoisotopic (exact) mass is 241 g/mol. The summed E-state index contributed by atoms with van der Waals surface area (Å²) in [6.07, 6.45) is 1.19. The van der Waals surface area contributed by atoms with Gasteiger partial charge in [-0.05, 0) is 6.26 Å². The molecule has 1 fully saturated rings. The lowest BCUT2D eigenvalue weighted by molar-refractivity contribution is -0.117. The van der Waals surface area contributed by atoms with Gasteiger partial charge in [0.25, 0.3) is 5.56 Å². The third kappa shape index (κ3) is 2.10. The van der Waals surface area contributed by atoms with Crippen molar-refractivity contribution in [1.82, 2.24) is 9.97 Å². The molecule has 1 unspecified atom stereocenters. The number of nitrogens with one attached hydrogen (secondary N) is 1. The average molecular weight is 241 g/mol. The summed E-state index contributed by atoms with van der Waals surface area (Å²) in [5, 5.41) is 9.80. The number of carbonyl (C=O) groups is 1. The molecule has 2 N–H and O–H groups in total. The van der Waals surface area contributed by atoms with Crippen LogP contribution in [0.3, 0.4) is 0 Å². The second-order valence-corrected chi connectivity index (χ2v) is 4.27. The van der Waals surface area contributed by atoms with Crippen LogP contribution in [0, 0.1) is 0 Å². The van der Waals surface area contributed by atoms with Crippen molar-refractivity contribution in [3.8, 4) is 0 Å². The van der Waals surface area contributed by atoms with Crippen LogP contribution < -0.4 is 10.5 Å². The first-order valence-corrected chi connectivity index (χ1v) is 5.96. The van der Waals surface area contributed by atoms with Gasteiger partial charge in [-0.25, -0.2) is 4.98 Å². The lowest BCUT2D eigenvalue weighted by atomic mass is 10.3. The molecule has 2 heterocycles. The second-order valence-electron chi connectivity index (χ2n) is 3.48. The Bertz CT molecular complexity index is 473. The fourth-order valence-corrected chi connectivity index (χ4v) is 1.96. The maximum absolute atomic E-state index is 11.5. The van der Waals surface area contributed by atoms with Gasteiger partial charge in [0.15, 0.2) is 5.16 Å². The summed E-state index contributed by atoms with van der Waals surface area (Å²) in [7, 11) is 0. The van der Waals surface area contributed by atoms with E-state index < -0.39 is 6.10 Å². The van der Waals surface area contributed by atoms with Crippen LogP contribution in [-0.2, 0) is 4.79 Å². The number of hydrogen-bond donors (Lipinski definition) is 2. The summed E-state index contributed by atoms with van der Waals surface area (Å²) in [5.41, 5.74) is -0.302. The zero-order chi connectivity index (χ0) is 11.7. The molecule has 0 saturated carbocycles. The highest BCUT2D eigenvalue weighted by Crippen LogP contribution is 2.19. The number of aliphatic hydroxyl groups is 1. The quantitative estimate of drug-likeness (QED) is 0.543. The molecule has 1 amide bonds. The van der Waals surface area contributed by atoms with Crippen molar-refractivity contribution in [3.63, 3.8) is 0 Å². The van der Waals surface area contributed by atoms with Crippen LogP contribution >= 0.6 is 11.8 Å². The number of carbonyl (C=O) groups excluding carboxylic acids is 1. The van der Waals surface area contributed by atoms with E-state index in [1.165, 1.54) is 22.7 Å². The van der Waals surface area contributed by atoms with E-state index >= 15 is 0 Å². The van der Waals surface area contributed by atoms with Crippen LogP contribution in [0.2, 0.25) is 0 Å². The van der Waals surface area contributed by atoms with Gasteiger partial charge in [-0.3, -0.25) is 14.5 Å². The van der Waals surface area contributed by atoms with E-state index in [1.807, 2.05) is 0 Å². The van der Waals surface area contributed by atoms with Crippen molar-refractivity contribution in [2.24, 2.45) is 0 Å². The van der Waals surface area contributed by atoms with Gasteiger partial charge in [0.05, 0.1) is 19.1 Å². The molecule has 1 aromatic rings. The fraction of sp³-hybridized carbons (Fsp3) is 0.444. The lowest BCUT2D eigenvalue weighted by Gasteiger charge is -2.14. The SMILES string of the molecule is CSc1nc(N2CC(O)CC2=O)cc(=O)[nH]1. The Hall–Kier alpha value is -1.34. The number of amides is 1. The Morgan fingerprint density at radius 1 is 1.62 bits per heavy atom. The van der Waals surface area contributed by atoms with Gasteiger partial charge in [-0.15, -0.1) is 0 Å². The third-order valence-corrected chi connectivity index (χ3v) is 2.86. The number of aliphatic hydroxyl groups excluding tert-OH is 1. The van der Waals surface area contributed by atoms with Crippen molar-refractivity contribution >= 4 is 23.5 Å². The molecule has 1 atom stereocenters. The number of rotatable bonds is 2. The topological polar surface area (TPSA) is 86.3 Å².